The normalized spacial score (nSPS) is 15.7. The summed E-state index contributed by atoms with van der Waals surface area (Å²) in [7, 11) is -0.343. The summed E-state index contributed by atoms with van der Waals surface area (Å²) in [6.45, 7) is 6.47. The SMILES string of the molecule is C=C(NS(=C)c1cccc(SN2CCC2)c1)c1ccc(Cl)cc1. The smallest absolute Gasteiger partial charge is 0.0438 e. The Morgan fingerprint density at radius 1 is 1.17 bits per heavy atom. The van der Waals surface area contributed by atoms with Gasteiger partial charge in [0.25, 0.3) is 0 Å². The van der Waals surface area contributed by atoms with Crippen molar-refractivity contribution < 1.29 is 0 Å². The molecular formula is C18H19ClN2S2. The van der Waals surface area contributed by atoms with Gasteiger partial charge < -0.3 is 4.72 Å². The van der Waals surface area contributed by atoms with Crippen LogP contribution >= 0.6 is 34.2 Å². The van der Waals surface area contributed by atoms with Crippen molar-refractivity contribution in [3.05, 3.63) is 65.7 Å². The van der Waals surface area contributed by atoms with Crippen molar-refractivity contribution in [3.63, 3.8) is 0 Å². The Morgan fingerprint density at radius 3 is 2.57 bits per heavy atom. The van der Waals surface area contributed by atoms with Gasteiger partial charge in [0, 0.05) is 33.6 Å². The summed E-state index contributed by atoms with van der Waals surface area (Å²) < 4.78 is 5.77. The van der Waals surface area contributed by atoms with E-state index in [1.807, 2.05) is 36.2 Å². The van der Waals surface area contributed by atoms with E-state index >= 15 is 0 Å². The van der Waals surface area contributed by atoms with Gasteiger partial charge in [0.15, 0.2) is 0 Å². The molecule has 1 aliphatic heterocycles. The second-order valence-electron chi connectivity index (χ2n) is 5.33. The highest BCUT2D eigenvalue weighted by Crippen LogP contribution is 2.32. The fourth-order valence-corrected chi connectivity index (χ4v) is 4.43. The molecule has 1 saturated heterocycles. The van der Waals surface area contributed by atoms with Crippen molar-refractivity contribution in [3.8, 4) is 0 Å². The molecule has 0 amide bonds. The summed E-state index contributed by atoms with van der Waals surface area (Å²) in [5.41, 5.74) is 1.89. The minimum absolute atomic E-state index is 0.343. The Morgan fingerprint density at radius 2 is 1.91 bits per heavy atom. The van der Waals surface area contributed by atoms with Crippen LogP contribution in [0.25, 0.3) is 5.70 Å². The van der Waals surface area contributed by atoms with E-state index in [0.29, 0.717) is 0 Å². The van der Waals surface area contributed by atoms with E-state index in [0.717, 1.165) is 16.3 Å². The molecule has 1 unspecified atom stereocenters. The molecule has 0 saturated carbocycles. The van der Waals surface area contributed by atoms with E-state index in [-0.39, 0.29) is 10.7 Å². The molecule has 2 aromatic rings. The van der Waals surface area contributed by atoms with Gasteiger partial charge >= 0.3 is 0 Å². The van der Waals surface area contributed by atoms with Gasteiger partial charge in [0.1, 0.15) is 0 Å². The first-order valence-corrected chi connectivity index (χ1v) is 9.95. The fourth-order valence-electron chi connectivity index (χ4n) is 2.13. The molecule has 0 aromatic heterocycles. The Bertz CT molecular complexity index is 724. The third kappa shape index (κ3) is 4.42. The van der Waals surface area contributed by atoms with Crippen LogP contribution < -0.4 is 4.72 Å². The molecule has 3 rings (SSSR count). The molecule has 120 valence electrons. The van der Waals surface area contributed by atoms with Crippen LogP contribution in [0.3, 0.4) is 0 Å². The summed E-state index contributed by atoms with van der Waals surface area (Å²) in [6, 6.07) is 16.2. The van der Waals surface area contributed by atoms with Crippen LogP contribution in [0.4, 0.5) is 0 Å². The van der Waals surface area contributed by atoms with E-state index in [2.05, 4.69) is 45.7 Å². The standard InChI is InChI=1S/C18H19ClN2S2/c1-14(15-7-9-16(19)10-8-15)20-23(2)18-6-3-5-17(13-18)22-21-11-4-12-21/h3,5-10,13,20H,1-2,4,11-12H2. The fraction of sp³-hybridized carbons (Fsp3) is 0.167. The third-order valence-corrected chi connectivity index (χ3v) is 6.23. The van der Waals surface area contributed by atoms with Crippen LogP contribution in [0.5, 0.6) is 0 Å². The van der Waals surface area contributed by atoms with E-state index in [1.54, 1.807) is 0 Å². The van der Waals surface area contributed by atoms with Gasteiger partial charge in [-0.25, -0.2) is 4.31 Å². The molecule has 2 nitrogen and oxygen atoms in total. The monoisotopic (exact) mass is 362 g/mol. The van der Waals surface area contributed by atoms with Gasteiger partial charge in [0.05, 0.1) is 0 Å². The Balaban J connectivity index is 1.66. The average molecular weight is 363 g/mol. The summed E-state index contributed by atoms with van der Waals surface area (Å²) in [5, 5.41) is 0.728. The molecule has 1 N–H and O–H groups in total. The zero-order valence-corrected chi connectivity index (χ0v) is 15.2. The lowest BCUT2D eigenvalue weighted by Crippen LogP contribution is -2.30. The van der Waals surface area contributed by atoms with Crippen molar-refractivity contribution in [2.24, 2.45) is 0 Å². The van der Waals surface area contributed by atoms with Gasteiger partial charge in [-0.1, -0.05) is 52.9 Å². The molecule has 0 spiro atoms. The van der Waals surface area contributed by atoms with Gasteiger partial charge in [0.2, 0.25) is 0 Å². The minimum atomic E-state index is -0.343. The molecule has 0 aliphatic carbocycles. The Hall–Kier alpha value is -1.20. The van der Waals surface area contributed by atoms with E-state index in [4.69, 9.17) is 11.6 Å². The Kier molecular flexibility index (Phi) is 5.49. The Labute approximate surface area is 149 Å². The van der Waals surface area contributed by atoms with Crippen molar-refractivity contribution in [2.45, 2.75) is 16.2 Å². The molecule has 5 heteroatoms. The van der Waals surface area contributed by atoms with Gasteiger partial charge in [-0.05, 0) is 54.3 Å². The molecule has 2 aromatic carbocycles. The number of nitrogens with one attached hydrogen (secondary N) is 1. The molecule has 1 heterocycles. The van der Waals surface area contributed by atoms with Crippen LogP contribution in [0.1, 0.15) is 12.0 Å². The van der Waals surface area contributed by atoms with Crippen LogP contribution in [0.15, 0.2) is 64.9 Å². The predicted octanol–water partition coefficient (Wildman–Crippen LogP) is 5.29. The minimum Gasteiger partial charge on any atom is -0.332 e. The largest absolute Gasteiger partial charge is 0.332 e. The van der Waals surface area contributed by atoms with Crippen LogP contribution in [-0.4, -0.2) is 23.3 Å². The first-order valence-electron chi connectivity index (χ1n) is 7.40. The zero-order valence-electron chi connectivity index (χ0n) is 12.8. The summed E-state index contributed by atoms with van der Waals surface area (Å²) in [6.07, 6.45) is 1.30. The number of benzene rings is 2. The number of halogens is 1. The second-order valence-corrected chi connectivity index (χ2v) is 8.39. The van der Waals surface area contributed by atoms with Crippen molar-refractivity contribution in [1.29, 1.82) is 0 Å². The average Bonchev–Trinajstić information content (AvgIpc) is 2.52. The molecule has 23 heavy (non-hydrogen) atoms. The first-order chi connectivity index (χ1) is 11.1. The lowest BCUT2D eigenvalue weighted by atomic mass is 10.2. The quantitative estimate of drug-likeness (QED) is 0.555. The van der Waals surface area contributed by atoms with Crippen LogP contribution in [0.2, 0.25) is 5.02 Å². The third-order valence-electron chi connectivity index (χ3n) is 3.58. The zero-order chi connectivity index (χ0) is 16.2. The second kappa shape index (κ2) is 7.58. The van der Waals surface area contributed by atoms with Crippen molar-refractivity contribution in [2.75, 3.05) is 13.1 Å². The van der Waals surface area contributed by atoms with Crippen LogP contribution in [0, 0.1) is 0 Å². The maximum Gasteiger partial charge on any atom is 0.0438 e. The molecule has 0 bridgehead atoms. The van der Waals surface area contributed by atoms with Gasteiger partial charge in [-0.15, -0.1) is 0 Å². The van der Waals surface area contributed by atoms with Crippen molar-refractivity contribution >= 4 is 45.8 Å². The number of hydrogen-bond acceptors (Lipinski definition) is 3. The summed E-state index contributed by atoms with van der Waals surface area (Å²) in [5.74, 6) is 4.25. The summed E-state index contributed by atoms with van der Waals surface area (Å²) in [4.78, 5) is 2.45. The van der Waals surface area contributed by atoms with E-state index < -0.39 is 0 Å². The highest BCUT2D eigenvalue weighted by molar-refractivity contribution is 8.12. The maximum absolute atomic E-state index is 5.93. The lowest BCUT2D eigenvalue weighted by molar-refractivity contribution is 0.344. The van der Waals surface area contributed by atoms with E-state index in [1.165, 1.54) is 29.3 Å². The predicted molar refractivity (Wildman–Crippen MR) is 105 cm³/mol. The molecule has 1 fully saturated rings. The molecule has 0 radical (unpaired) electrons. The lowest BCUT2D eigenvalue weighted by Gasteiger charge is -2.29. The van der Waals surface area contributed by atoms with E-state index in [9.17, 15) is 0 Å². The first kappa shape index (κ1) is 16.7. The molecule has 1 atom stereocenters. The number of nitrogens with zero attached hydrogens (tertiary/aromatic N) is 1. The summed E-state index contributed by atoms with van der Waals surface area (Å²) >= 11 is 7.75. The molecule has 1 aliphatic rings. The van der Waals surface area contributed by atoms with Gasteiger partial charge in [-0.3, -0.25) is 0 Å². The highest BCUT2D eigenvalue weighted by Gasteiger charge is 2.15. The molecular weight excluding hydrogens is 344 g/mol. The number of hydrogen-bond donors (Lipinski definition) is 1. The van der Waals surface area contributed by atoms with Crippen LogP contribution in [-0.2, 0) is 0 Å². The maximum atomic E-state index is 5.93. The topological polar surface area (TPSA) is 15.3 Å². The highest BCUT2D eigenvalue weighted by atomic mass is 35.5. The van der Waals surface area contributed by atoms with Crippen molar-refractivity contribution in [1.82, 2.24) is 9.03 Å². The number of rotatable bonds is 6. The van der Waals surface area contributed by atoms with Gasteiger partial charge in [-0.2, -0.15) is 0 Å².